The molecule has 19 heavy (non-hydrogen) atoms. The van der Waals surface area contributed by atoms with Gasteiger partial charge >= 0.3 is 0 Å². The average molecular weight is 260 g/mol. The van der Waals surface area contributed by atoms with Gasteiger partial charge in [-0.15, -0.1) is 0 Å². The Hall–Kier alpha value is -2.02. The number of carbonyl (C=O) groups is 1. The van der Waals surface area contributed by atoms with Crippen LogP contribution in [0.15, 0.2) is 18.2 Å². The molecule has 4 heteroatoms. The van der Waals surface area contributed by atoms with E-state index >= 15 is 0 Å². The fraction of sp³-hybridized carbons (Fsp3) is 0.467. The van der Waals surface area contributed by atoms with Crippen molar-refractivity contribution in [3.8, 4) is 11.8 Å². The second-order valence-electron chi connectivity index (χ2n) is 4.41. The zero-order chi connectivity index (χ0) is 14.3. The molecule has 1 amide bonds. The van der Waals surface area contributed by atoms with Crippen molar-refractivity contribution in [2.24, 2.45) is 0 Å². The predicted molar refractivity (Wildman–Crippen MR) is 73.9 cm³/mol. The minimum atomic E-state index is -0.0483. The first-order valence-corrected chi connectivity index (χ1v) is 6.43. The SMILES string of the molecule is CCN(CC#N)C(=O)CCOc1ccc(C)c(C)c1. The molecule has 0 N–H and O–H groups in total. The Balaban J connectivity index is 2.43. The highest BCUT2D eigenvalue weighted by atomic mass is 16.5. The summed E-state index contributed by atoms with van der Waals surface area (Å²) >= 11 is 0. The molecular weight excluding hydrogens is 240 g/mol. The van der Waals surface area contributed by atoms with Crippen molar-refractivity contribution in [2.45, 2.75) is 27.2 Å². The molecule has 0 fully saturated rings. The summed E-state index contributed by atoms with van der Waals surface area (Å²) in [5.74, 6) is 0.729. The Morgan fingerprint density at radius 2 is 2.11 bits per heavy atom. The molecule has 0 unspecified atom stereocenters. The van der Waals surface area contributed by atoms with Crippen LogP contribution in [0.2, 0.25) is 0 Å². The first-order chi connectivity index (χ1) is 9.08. The zero-order valence-corrected chi connectivity index (χ0v) is 11.8. The number of hydrogen-bond acceptors (Lipinski definition) is 3. The van der Waals surface area contributed by atoms with E-state index in [0.717, 1.165) is 5.75 Å². The zero-order valence-electron chi connectivity index (χ0n) is 11.8. The summed E-state index contributed by atoms with van der Waals surface area (Å²) in [7, 11) is 0. The molecule has 0 aliphatic rings. The quantitative estimate of drug-likeness (QED) is 0.738. The lowest BCUT2D eigenvalue weighted by Crippen LogP contribution is -2.32. The van der Waals surface area contributed by atoms with Crippen molar-refractivity contribution >= 4 is 5.91 Å². The molecule has 0 saturated carbocycles. The van der Waals surface area contributed by atoms with Crippen LogP contribution in [0.5, 0.6) is 5.75 Å². The van der Waals surface area contributed by atoms with Gasteiger partial charge in [-0.25, -0.2) is 0 Å². The van der Waals surface area contributed by atoms with E-state index in [1.165, 1.54) is 16.0 Å². The molecule has 1 aromatic carbocycles. The van der Waals surface area contributed by atoms with E-state index in [0.29, 0.717) is 19.6 Å². The molecule has 4 nitrogen and oxygen atoms in total. The number of nitriles is 1. The van der Waals surface area contributed by atoms with Gasteiger partial charge in [-0.05, 0) is 44.0 Å². The summed E-state index contributed by atoms with van der Waals surface area (Å²) in [6.45, 7) is 6.96. The first kappa shape index (κ1) is 15.0. The van der Waals surface area contributed by atoms with Gasteiger partial charge in [-0.3, -0.25) is 4.79 Å². The van der Waals surface area contributed by atoms with Gasteiger partial charge in [0, 0.05) is 6.54 Å². The van der Waals surface area contributed by atoms with Crippen molar-refractivity contribution in [1.29, 1.82) is 5.26 Å². The number of ether oxygens (including phenoxy) is 1. The molecule has 0 atom stereocenters. The largest absolute Gasteiger partial charge is 0.493 e. The third-order valence-electron chi connectivity index (χ3n) is 3.06. The van der Waals surface area contributed by atoms with Crippen LogP contribution in [-0.4, -0.2) is 30.5 Å². The Labute approximate surface area is 114 Å². The number of aryl methyl sites for hydroxylation is 2. The normalized spacial score (nSPS) is 9.79. The van der Waals surface area contributed by atoms with Gasteiger partial charge in [-0.1, -0.05) is 6.07 Å². The van der Waals surface area contributed by atoms with Gasteiger partial charge in [0.15, 0.2) is 0 Å². The van der Waals surface area contributed by atoms with Gasteiger partial charge in [0.05, 0.1) is 19.1 Å². The molecule has 0 heterocycles. The highest BCUT2D eigenvalue weighted by Gasteiger charge is 2.10. The first-order valence-electron chi connectivity index (χ1n) is 6.43. The van der Waals surface area contributed by atoms with Gasteiger partial charge < -0.3 is 9.64 Å². The van der Waals surface area contributed by atoms with Gasteiger partial charge in [0.25, 0.3) is 0 Å². The van der Waals surface area contributed by atoms with Crippen molar-refractivity contribution in [1.82, 2.24) is 4.90 Å². The minimum absolute atomic E-state index is 0.0483. The standard InChI is InChI=1S/C15H20N2O2/c1-4-17(9-8-16)15(18)7-10-19-14-6-5-12(2)13(3)11-14/h5-6,11H,4,7,9-10H2,1-3H3. The predicted octanol–water partition coefficient (Wildman–Crippen LogP) is 2.44. The summed E-state index contributed by atoms with van der Waals surface area (Å²) in [5, 5.41) is 8.60. The monoisotopic (exact) mass is 260 g/mol. The van der Waals surface area contributed by atoms with Crippen molar-refractivity contribution in [3.63, 3.8) is 0 Å². The van der Waals surface area contributed by atoms with Gasteiger partial charge in [-0.2, -0.15) is 5.26 Å². The molecule has 1 aromatic rings. The number of rotatable bonds is 6. The molecule has 0 spiro atoms. The van der Waals surface area contributed by atoms with Crippen LogP contribution in [0.3, 0.4) is 0 Å². The number of benzene rings is 1. The smallest absolute Gasteiger partial charge is 0.226 e. The van der Waals surface area contributed by atoms with Crippen LogP contribution in [0.1, 0.15) is 24.5 Å². The molecule has 0 bridgehead atoms. The van der Waals surface area contributed by atoms with Crippen LogP contribution >= 0.6 is 0 Å². The summed E-state index contributed by atoms with van der Waals surface area (Å²) < 4.78 is 5.55. The molecular formula is C15H20N2O2. The highest BCUT2D eigenvalue weighted by Crippen LogP contribution is 2.16. The van der Waals surface area contributed by atoms with Crippen LogP contribution in [0, 0.1) is 25.2 Å². The van der Waals surface area contributed by atoms with E-state index in [4.69, 9.17) is 10.00 Å². The Bertz CT molecular complexity index is 478. The molecule has 0 aliphatic heterocycles. The fourth-order valence-electron chi connectivity index (χ4n) is 1.68. The number of carbonyl (C=O) groups excluding carboxylic acids is 1. The van der Waals surface area contributed by atoms with E-state index in [1.807, 2.05) is 45.0 Å². The number of amides is 1. The molecule has 0 aliphatic carbocycles. The lowest BCUT2D eigenvalue weighted by molar-refractivity contribution is -0.130. The maximum Gasteiger partial charge on any atom is 0.226 e. The van der Waals surface area contributed by atoms with Crippen LogP contribution in [-0.2, 0) is 4.79 Å². The van der Waals surface area contributed by atoms with Crippen molar-refractivity contribution in [3.05, 3.63) is 29.3 Å². The maximum atomic E-state index is 11.8. The van der Waals surface area contributed by atoms with E-state index in [9.17, 15) is 4.79 Å². The molecule has 0 aromatic heterocycles. The van der Waals surface area contributed by atoms with E-state index < -0.39 is 0 Å². The minimum Gasteiger partial charge on any atom is -0.493 e. The summed E-state index contributed by atoms with van der Waals surface area (Å²) in [4.78, 5) is 13.3. The second kappa shape index (κ2) is 7.42. The summed E-state index contributed by atoms with van der Waals surface area (Å²) in [5.41, 5.74) is 2.39. The summed E-state index contributed by atoms with van der Waals surface area (Å²) in [6, 6.07) is 7.85. The average Bonchev–Trinajstić information content (AvgIpc) is 2.40. The Morgan fingerprint density at radius 1 is 1.37 bits per heavy atom. The third kappa shape index (κ3) is 4.63. The van der Waals surface area contributed by atoms with Crippen molar-refractivity contribution in [2.75, 3.05) is 19.7 Å². The van der Waals surface area contributed by atoms with Gasteiger partial charge in [0.2, 0.25) is 5.91 Å². The van der Waals surface area contributed by atoms with Crippen molar-refractivity contribution < 1.29 is 9.53 Å². The van der Waals surface area contributed by atoms with E-state index in [-0.39, 0.29) is 12.5 Å². The van der Waals surface area contributed by atoms with Gasteiger partial charge in [0.1, 0.15) is 12.3 Å². The lowest BCUT2D eigenvalue weighted by atomic mass is 10.1. The number of hydrogen-bond donors (Lipinski definition) is 0. The molecule has 1 rings (SSSR count). The molecule has 0 saturated heterocycles. The van der Waals surface area contributed by atoms with E-state index in [2.05, 4.69) is 0 Å². The second-order valence-corrected chi connectivity index (χ2v) is 4.41. The highest BCUT2D eigenvalue weighted by molar-refractivity contribution is 5.76. The Kier molecular flexibility index (Phi) is 5.87. The van der Waals surface area contributed by atoms with Crippen LogP contribution in [0.25, 0.3) is 0 Å². The van der Waals surface area contributed by atoms with E-state index in [1.54, 1.807) is 0 Å². The third-order valence-corrected chi connectivity index (χ3v) is 3.06. The lowest BCUT2D eigenvalue weighted by Gasteiger charge is -2.17. The maximum absolute atomic E-state index is 11.8. The van der Waals surface area contributed by atoms with Crippen LogP contribution < -0.4 is 4.74 Å². The summed E-state index contributed by atoms with van der Waals surface area (Å²) in [6.07, 6.45) is 0.294. The van der Waals surface area contributed by atoms with Crippen LogP contribution in [0.4, 0.5) is 0 Å². The topological polar surface area (TPSA) is 53.3 Å². The number of nitrogens with zero attached hydrogens (tertiary/aromatic N) is 2. The fourth-order valence-corrected chi connectivity index (χ4v) is 1.68. The molecule has 102 valence electrons. The Morgan fingerprint density at radius 3 is 2.68 bits per heavy atom. The molecule has 0 radical (unpaired) electrons.